The molecular formula is C11H22N2O2. The monoisotopic (exact) mass is 214 g/mol. The number of nitrogens with one attached hydrogen (secondary N) is 2. The highest BCUT2D eigenvalue weighted by molar-refractivity contribution is 5.69. The van der Waals surface area contributed by atoms with E-state index < -0.39 is 0 Å². The summed E-state index contributed by atoms with van der Waals surface area (Å²) in [6.07, 6.45) is 1.35. The Bertz CT molecular complexity index is 205. The van der Waals surface area contributed by atoms with Crippen molar-refractivity contribution in [2.75, 3.05) is 19.6 Å². The third kappa shape index (κ3) is 5.74. The highest BCUT2D eigenvalue weighted by atomic mass is 16.6. The average Bonchev–Trinajstić information content (AvgIpc) is 2.14. The number of carbonyl (C=O) groups excluding carboxylic acids is 1. The van der Waals surface area contributed by atoms with Gasteiger partial charge in [0.05, 0.1) is 0 Å². The zero-order valence-corrected chi connectivity index (χ0v) is 9.93. The molecule has 0 amide bonds. The van der Waals surface area contributed by atoms with Gasteiger partial charge in [0.25, 0.3) is 0 Å². The number of rotatable bonds is 3. The van der Waals surface area contributed by atoms with Gasteiger partial charge in [-0.25, -0.2) is 0 Å². The van der Waals surface area contributed by atoms with Gasteiger partial charge in [0.15, 0.2) is 0 Å². The summed E-state index contributed by atoms with van der Waals surface area (Å²) >= 11 is 0. The largest absolute Gasteiger partial charge is 0.460 e. The van der Waals surface area contributed by atoms with E-state index in [2.05, 4.69) is 10.6 Å². The highest BCUT2D eigenvalue weighted by Gasteiger charge is 2.18. The van der Waals surface area contributed by atoms with E-state index in [1.165, 1.54) is 0 Å². The van der Waals surface area contributed by atoms with Crippen LogP contribution < -0.4 is 10.6 Å². The van der Waals surface area contributed by atoms with Crippen LogP contribution in [0.15, 0.2) is 0 Å². The first kappa shape index (κ1) is 12.5. The smallest absolute Gasteiger partial charge is 0.306 e. The van der Waals surface area contributed by atoms with E-state index in [1.807, 2.05) is 20.8 Å². The Hall–Kier alpha value is -0.610. The first-order valence-electron chi connectivity index (χ1n) is 5.63. The van der Waals surface area contributed by atoms with Gasteiger partial charge in [0.2, 0.25) is 0 Å². The van der Waals surface area contributed by atoms with Crippen molar-refractivity contribution in [2.24, 2.45) is 0 Å². The van der Waals surface area contributed by atoms with Gasteiger partial charge in [0, 0.05) is 32.1 Å². The second-order valence-corrected chi connectivity index (χ2v) is 4.98. The minimum absolute atomic E-state index is 0.102. The van der Waals surface area contributed by atoms with Gasteiger partial charge in [-0.1, -0.05) is 0 Å². The first-order chi connectivity index (χ1) is 6.97. The molecule has 0 spiro atoms. The van der Waals surface area contributed by atoms with Crippen LogP contribution in [0, 0.1) is 0 Å². The normalized spacial score (nSPS) is 22.5. The molecule has 0 unspecified atom stereocenters. The van der Waals surface area contributed by atoms with Crippen LogP contribution in [0.1, 0.15) is 33.6 Å². The van der Waals surface area contributed by atoms with Crippen molar-refractivity contribution >= 4 is 5.97 Å². The number of hydrogen-bond donors (Lipinski definition) is 2. The summed E-state index contributed by atoms with van der Waals surface area (Å²) in [7, 11) is 0. The maximum atomic E-state index is 11.4. The molecule has 1 aliphatic rings. The topological polar surface area (TPSA) is 50.4 Å². The van der Waals surface area contributed by atoms with Crippen molar-refractivity contribution in [1.82, 2.24) is 10.6 Å². The molecule has 1 saturated heterocycles. The number of esters is 1. The molecule has 1 rings (SSSR count). The molecule has 0 aliphatic carbocycles. The van der Waals surface area contributed by atoms with Gasteiger partial charge in [-0.15, -0.1) is 0 Å². The van der Waals surface area contributed by atoms with E-state index in [0.717, 1.165) is 26.1 Å². The summed E-state index contributed by atoms with van der Waals surface area (Å²) in [5, 5.41) is 6.66. The van der Waals surface area contributed by atoms with Crippen molar-refractivity contribution in [1.29, 1.82) is 0 Å². The van der Waals surface area contributed by atoms with Crippen LogP contribution in [-0.4, -0.2) is 37.2 Å². The predicted molar refractivity (Wildman–Crippen MR) is 59.7 cm³/mol. The quantitative estimate of drug-likeness (QED) is 0.678. The Morgan fingerprint density at radius 1 is 1.40 bits per heavy atom. The summed E-state index contributed by atoms with van der Waals surface area (Å²) in [5.74, 6) is -0.102. The lowest BCUT2D eigenvalue weighted by Gasteiger charge is -2.25. The molecule has 1 fully saturated rings. The van der Waals surface area contributed by atoms with E-state index >= 15 is 0 Å². The Labute approximate surface area is 91.8 Å². The van der Waals surface area contributed by atoms with Gasteiger partial charge in [-0.05, 0) is 27.2 Å². The molecule has 0 saturated carbocycles. The van der Waals surface area contributed by atoms with Crippen LogP contribution in [0.25, 0.3) is 0 Å². The minimum atomic E-state index is -0.366. The van der Waals surface area contributed by atoms with Crippen molar-refractivity contribution < 1.29 is 9.53 Å². The second kappa shape index (κ2) is 5.47. The highest BCUT2D eigenvalue weighted by Crippen LogP contribution is 2.10. The fraction of sp³-hybridized carbons (Fsp3) is 0.909. The van der Waals surface area contributed by atoms with Crippen LogP contribution in [0.2, 0.25) is 0 Å². The molecule has 88 valence electrons. The molecule has 0 aromatic heterocycles. The number of carbonyl (C=O) groups is 1. The van der Waals surface area contributed by atoms with E-state index in [4.69, 9.17) is 4.74 Å². The number of piperazine rings is 1. The molecule has 0 bridgehead atoms. The van der Waals surface area contributed by atoms with Crippen LogP contribution >= 0.6 is 0 Å². The zero-order valence-electron chi connectivity index (χ0n) is 9.93. The molecule has 1 heterocycles. The number of hydrogen-bond acceptors (Lipinski definition) is 4. The van der Waals surface area contributed by atoms with E-state index in [-0.39, 0.29) is 11.6 Å². The summed E-state index contributed by atoms with van der Waals surface area (Å²) in [6.45, 7) is 8.63. The van der Waals surface area contributed by atoms with E-state index in [9.17, 15) is 4.79 Å². The molecule has 0 aromatic rings. The van der Waals surface area contributed by atoms with Crippen LogP contribution in [0.5, 0.6) is 0 Å². The van der Waals surface area contributed by atoms with Gasteiger partial charge in [-0.3, -0.25) is 4.79 Å². The van der Waals surface area contributed by atoms with Gasteiger partial charge < -0.3 is 15.4 Å². The van der Waals surface area contributed by atoms with Crippen LogP contribution in [0.4, 0.5) is 0 Å². The minimum Gasteiger partial charge on any atom is -0.460 e. The fourth-order valence-electron chi connectivity index (χ4n) is 1.60. The van der Waals surface area contributed by atoms with Crippen molar-refractivity contribution in [2.45, 2.75) is 45.3 Å². The van der Waals surface area contributed by atoms with Crippen molar-refractivity contribution in [3.63, 3.8) is 0 Å². The zero-order chi connectivity index (χ0) is 11.3. The molecule has 0 aromatic carbocycles. The third-order valence-electron chi connectivity index (χ3n) is 2.24. The van der Waals surface area contributed by atoms with E-state index in [1.54, 1.807) is 0 Å². The van der Waals surface area contributed by atoms with Gasteiger partial charge in [0.1, 0.15) is 5.60 Å². The lowest BCUT2D eigenvalue weighted by atomic mass is 10.1. The summed E-state index contributed by atoms with van der Waals surface area (Å²) in [6, 6.07) is 0.409. The summed E-state index contributed by atoms with van der Waals surface area (Å²) in [5.41, 5.74) is -0.366. The molecular weight excluding hydrogens is 192 g/mol. The SMILES string of the molecule is CC(C)(C)OC(=O)CC[C@H]1CNCCN1. The lowest BCUT2D eigenvalue weighted by molar-refractivity contribution is -0.155. The standard InChI is InChI=1S/C11H22N2O2/c1-11(2,3)15-10(14)5-4-9-8-12-6-7-13-9/h9,12-13H,4-8H2,1-3H3/t9-/m0/s1. The fourth-order valence-corrected chi connectivity index (χ4v) is 1.60. The van der Waals surface area contributed by atoms with Crippen molar-refractivity contribution in [3.8, 4) is 0 Å². The summed E-state index contributed by atoms with van der Waals surface area (Å²) in [4.78, 5) is 11.4. The van der Waals surface area contributed by atoms with Crippen LogP contribution in [-0.2, 0) is 9.53 Å². The molecule has 1 aliphatic heterocycles. The maximum Gasteiger partial charge on any atom is 0.306 e. The Morgan fingerprint density at radius 3 is 2.67 bits per heavy atom. The maximum absolute atomic E-state index is 11.4. The second-order valence-electron chi connectivity index (χ2n) is 4.98. The molecule has 4 nitrogen and oxygen atoms in total. The molecule has 2 N–H and O–H groups in total. The first-order valence-corrected chi connectivity index (χ1v) is 5.63. The predicted octanol–water partition coefficient (Wildman–Crippen LogP) is 0.670. The summed E-state index contributed by atoms with van der Waals surface area (Å²) < 4.78 is 5.24. The van der Waals surface area contributed by atoms with Crippen LogP contribution in [0.3, 0.4) is 0 Å². The molecule has 4 heteroatoms. The van der Waals surface area contributed by atoms with E-state index in [0.29, 0.717) is 12.5 Å². The van der Waals surface area contributed by atoms with Gasteiger partial charge >= 0.3 is 5.97 Å². The third-order valence-corrected chi connectivity index (χ3v) is 2.24. The molecule has 1 atom stereocenters. The Kier molecular flexibility index (Phi) is 4.54. The Balaban J connectivity index is 2.15. The Morgan fingerprint density at radius 2 is 2.13 bits per heavy atom. The number of ether oxygens (including phenoxy) is 1. The van der Waals surface area contributed by atoms with Crippen molar-refractivity contribution in [3.05, 3.63) is 0 Å². The molecule has 0 radical (unpaired) electrons. The molecule has 15 heavy (non-hydrogen) atoms. The average molecular weight is 214 g/mol. The lowest BCUT2D eigenvalue weighted by Crippen LogP contribution is -2.48. The van der Waals surface area contributed by atoms with Gasteiger partial charge in [-0.2, -0.15) is 0 Å².